The van der Waals surface area contributed by atoms with Gasteiger partial charge >= 0.3 is 0 Å². The third kappa shape index (κ3) is 6.13. The molecule has 2 heterocycles. The van der Waals surface area contributed by atoms with Crippen LogP contribution in [0.4, 0.5) is 0 Å². The Kier molecular flexibility index (Phi) is 7.98. The van der Waals surface area contributed by atoms with E-state index in [0.29, 0.717) is 24.1 Å². The third-order valence-electron chi connectivity index (χ3n) is 5.51. The van der Waals surface area contributed by atoms with Crippen molar-refractivity contribution in [1.29, 1.82) is 0 Å². The van der Waals surface area contributed by atoms with E-state index in [1.54, 1.807) is 7.11 Å². The van der Waals surface area contributed by atoms with Gasteiger partial charge in [-0.3, -0.25) is 9.69 Å². The zero-order valence-electron chi connectivity index (χ0n) is 18.9. The first-order valence-corrected chi connectivity index (χ1v) is 11.9. The Morgan fingerprint density at radius 1 is 1.18 bits per heavy atom. The van der Waals surface area contributed by atoms with Crippen molar-refractivity contribution in [3.63, 3.8) is 0 Å². The number of hydrogen-bond donors (Lipinski definition) is 1. The fourth-order valence-corrected chi connectivity index (χ4v) is 4.54. The number of carbonyl (C=O) groups is 1. The molecule has 1 saturated heterocycles. The van der Waals surface area contributed by atoms with Gasteiger partial charge in [-0.25, -0.2) is 0 Å². The molecule has 4 rings (SSSR count). The summed E-state index contributed by atoms with van der Waals surface area (Å²) >= 11 is 1.36. The first-order chi connectivity index (χ1) is 16.1. The topological polar surface area (TPSA) is 81.5 Å². The molecule has 1 atom stereocenters. The first-order valence-electron chi connectivity index (χ1n) is 10.9. The summed E-state index contributed by atoms with van der Waals surface area (Å²) in [4.78, 5) is 14.8. The highest BCUT2D eigenvalue weighted by Crippen LogP contribution is 2.29. The van der Waals surface area contributed by atoms with Crippen LogP contribution in [0.25, 0.3) is 11.4 Å². The number of ether oxygens (including phenoxy) is 2. The lowest BCUT2D eigenvalue weighted by Gasteiger charge is -2.33. The summed E-state index contributed by atoms with van der Waals surface area (Å²) in [7, 11) is 3.52. The van der Waals surface area contributed by atoms with E-state index in [9.17, 15) is 4.79 Å². The van der Waals surface area contributed by atoms with E-state index in [4.69, 9.17) is 9.47 Å². The lowest BCUT2D eigenvalue weighted by Crippen LogP contribution is -2.47. The normalized spacial score (nSPS) is 16.5. The molecular formula is C24H29N5O3S. The number of carbonyl (C=O) groups excluding carboxylic acids is 1. The molecule has 1 N–H and O–H groups in total. The van der Waals surface area contributed by atoms with E-state index in [2.05, 4.69) is 44.7 Å². The van der Waals surface area contributed by atoms with Crippen LogP contribution in [-0.4, -0.2) is 70.8 Å². The second-order valence-corrected chi connectivity index (χ2v) is 8.81. The fourth-order valence-electron chi connectivity index (χ4n) is 3.80. The maximum atomic E-state index is 12.4. The van der Waals surface area contributed by atoms with Gasteiger partial charge in [0, 0.05) is 33.2 Å². The van der Waals surface area contributed by atoms with Crippen LogP contribution < -0.4 is 10.1 Å². The van der Waals surface area contributed by atoms with Crippen molar-refractivity contribution in [2.24, 2.45) is 7.05 Å². The predicted octanol–water partition coefficient (Wildman–Crippen LogP) is 2.60. The quantitative estimate of drug-likeness (QED) is 0.485. The van der Waals surface area contributed by atoms with Crippen molar-refractivity contribution in [1.82, 2.24) is 25.0 Å². The van der Waals surface area contributed by atoms with Crippen molar-refractivity contribution < 1.29 is 14.3 Å². The van der Waals surface area contributed by atoms with Crippen molar-refractivity contribution in [2.75, 3.05) is 39.1 Å². The number of nitrogens with one attached hydrogen (secondary N) is 1. The predicted molar refractivity (Wildman–Crippen MR) is 128 cm³/mol. The summed E-state index contributed by atoms with van der Waals surface area (Å²) in [5.74, 6) is 1.64. The van der Waals surface area contributed by atoms with E-state index < -0.39 is 0 Å². The minimum Gasteiger partial charge on any atom is -0.496 e. The van der Waals surface area contributed by atoms with E-state index >= 15 is 0 Å². The van der Waals surface area contributed by atoms with Crippen molar-refractivity contribution >= 4 is 17.7 Å². The Hall–Kier alpha value is -2.88. The highest BCUT2D eigenvalue weighted by Gasteiger charge is 2.21. The molecule has 174 valence electrons. The summed E-state index contributed by atoms with van der Waals surface area (Å²) in [6, 6.07) is 18.1. The van der Waals surface area contributed by atoms with Gasteiger partial charge in [0.2, 0.25) is 5.91 Å². The lowest BCUT2D eigenvalue weighted by atomic mass is 10.2. The molecule has 1 amide bonds. The van der Waals surface area contributed by atoms with Crippen LogP contribution >= 0.6 is 11.8 Å². The minimum atomic E-state index is -0.0503. The van der Waals surface area contributed by atoms with E-state index in [1.165, 1.54) is 17.3 Å². The van der Waals surface area contributed by atoms with Crippen molar-refractivity contribution in [2.45, 2.75) is 17.8 Å². The second-order valence-electron chi connectivity index (χ2n) is 7.87. The van der Waals surface area contributed by atoms with Gasteiger partial charge in [0.05, 0.1) is 31.1 Å². The molecule has 9 heteroatoms. The number of hydrogen-bond acceptors (Lipinski definition) is 7. The molecule has 2 aromatic carbocycles. The van der Waals surface area contributed by atoms with Gasteiger partial charge in [-0.15, -0.1) is 10.2 Å². The Morgan fingerprint density at radius 2 is 1.97 bits per heavy atom. The van der Waals surface area contributed by atoms with Crippen molar-refractivity contribution in [3.05, 3.63) is 60.2 Å². The number of rotatable bonds is 9. The van der Waals surface area contributed by atoms with Gasteiger partial charge in [-0.2, -0.15) is 0 Å². The molecule has 33 heavy (non-hydrogen) atoms. The maximum Gasteiger partial charge on any atom is 0.230 e. The number of benzene rings is 2. The molecule has 0 bridgehead atoms. The summed E-state index contributed by atoms with van der Waals surface area (Å²) in [6.45, 7) is 3.76. The monoisotopic (exact) mass is 467 g/mol. The van der Waals surface area contributed by atoms with Crippen LogP contribution in [-0.2, 0) is 23.1 Å². The average molecular weight is 468 g/mol. The van der Waals surface area contributed by atoms with E-state index in [-0.39, 0.29) is 17.8 Å². The zero-order chi connectivity index (χ0) is 23.0. The lowest BCUT2D eigenvalue weighted by molar-refractivity contribution is -0.119. The highest BCUT2D eigenvalue weighted by molar-refractivity contribution is 7.99. The fraction of sp³-hybridized carbons (Fsp3) is 0.375. The molecule has 1 unspecified atom stereocenters. The number of para-hydroxylation sites is 1. The highest BCUT2D eigenvalue weighted by atomic mass is 32.2. The molecule has 8 nitrogen and oxygen atoms in total. The maximum absolute atomic E-state index is 12.4. The smallest absolute Gasteiger partial charge is 0.230 e. The summed E-state index contributed by atoms with van der Waals surface area (Å²) in [5, 5.41) is 12.2. The van der Waals surface area contributed by atoms with Crippen LogP contribution in [0.2, 0.25) is 0 Å². The molecule has 1 aromatic heterocycles. The molecule has 0 spiro atoms. The number of methoxy groups -OCH3 is 1. The average Bonchev–Trinajstić information content (AvgIpc) is 3.22. The summed E-state index contributed by atoms with van der Waals surface area (Å²) < 4.78 is 13.2. The van der Waals surface area contributed by atoms with Gasteiger partial charge in [0.25, 0.3) is 0 Å². The Labute approximate surface area is 198 Å². The van der Waals surface area contributed by atoms with Crippen LogP contribution in [0.3, 0.4) is 0 Å². The molecule has 0 saturated carbocycles. The van der Waals surface area contributed by atoms with E-state index in [1.807, 2.05) is 41.9 Å². The van der Waals surface area contributed by atoms with Gasteiger partial charge < -0.3 is 19.4 Å². The van der Waals surface area contributed by atoms with E-state index in [0.717, 1.165) is 30.9 Å². The van der Waals surface area contributed by atoms with Gasteiger partial charge in [0.1, 0.15) is 5.75 Å². The molecular weight excluding hydrogens is 438 g/mol. The molecule has 1 aliphatic heterocycles. The van der Waals surface area contributed by atoms with Crippen LogP contribution in [0.5, 0.6) is 5.75 Å². The molecule has 0 radical (unpaired) electrons. The zero-order valence-corrected chi connectivity index (χ0v) is 19.8. The van der Waals surface area contributed by atoms with Gasteiger partial charge in [-0.1, -0.05) is 54.2 Å². The standard InChI is InChI=1S/C24H29N5O3S/c1-28-23(20-10-6-7-11-21(20)31-2)26-27-24(28)33-17-22(30)25-14-19-16-29(12-13-32-19)15-18-8-4-3-5-9-18/h3-11,19H,12-17H2,1-2H3,(H,25,30). The number of nitrogens with zero attached hydrogens (tertiary/aromatic N) is 4. The van der Waals surface area contributed by atoms with Crippen LogP contribution in [0, 0.1) is 0 Å². The van der Waals surface area contributed by atoms with Crippen LogP contribution in [0.1, 0.15) is 5.56 Å². The SMILES string of the molecule is COc1ccccc1-c1nnc(SCC(=O)NCC2CN(Cc3ccccc3)CCO2)n1C. The second kappa shape index (κ2) is 11.3. The Balaban J connectivity index is 1.25. The Morgan fingerprint density at radius 3 is 2.79 bits per heavy atom. The van der Waals surface area contributed by atoms with Crippen LogP contribution in [0.15, 0.2) is 59.8 Å². The summed E-state index contributed by atoms with van der Waals surface area (Å²) in [6.07, 6.45) is -0.0108. The molecule has 1 aliphatic rings. The minimum absolute atomic E-state index is 0.0108. The number of aromatic nitrogens is 3. The molecule has 0 aliphatic carbocycles. The number of morpholine rings is 1. The third-order valence-corrected chi connectivity index (χ3v) is 6.53. The number of thioether (sulfide) groups is 1. The first kappa shape index (κ1) is 23.3. The molecule has 1 fully saturated rings. The largest absolute Gasteiger partial charge is 0.496 e. The van der Waals surface area contributed by atoms with Gasteiger partial charge in [0.15, 0.2) is 11.0 Å². The van der Waals surface area contributed by atoms with Gasteiger partial charge in [-0.05, 0) is 17.7 Å². The number of amides is 1. The summed E-state index contributed by atoms with van der Waals surface area (Å²) in [5.41, 5.74) is 2.15. The Bertz CT molecular complexity index is 1060. The molecule has 3 aromatic rings. The van der Waals surface area contributed by atoms with Crippen molar-refractivity contribution in [3.8, 4) is 17.1 Å².